The van der Waals surface area contributed by atoms with Gasteiger partial charge in [0.25, 0.3) is 0 Å². The van der Waals surface area contributed by atoms with Gasteiger partial charge in [0.2, 0.25) is 0 Å². The molecule has 0 aliphatic rings. The molecular formula is C20H21N3O4. The van der Waals surface area contributed by atoms with E-state index in [1.807, 2.05) is 56.3 Å². The summed E-state index contributed by atoms with van der Waals surface area (Å²) < 4.78 is 12.4. The molecular weight excluding hydrogens is 346 g/mol. The molecule has 1 aromatic heterocycles. The molecule has 140 valence electrons. The Balaban J connectivity index is 1.94. The van der Waals surface area contributed by atoms with E-state index in [-0.39, 0.29) is 11.6 Å². The number of benzene rings is 2. The zero-order valence-electron chi connectivity index (χ0n) is 15.3. The van der Waals surface area contributed by atoms with Crippen LogP contribution in [0.3, 0.4) is 0 Å². The third kappa shape index (κ3) is 4.25. The van der Waals surface area contributed by atoms with E-state index in [9.17, 15) is 9.90 Å². The van der Waals surface area contributed by atoms with Gasteiger partial charge in [-0.15, -0.1) is 10.1 Å². The molecule has 27 heavy (non-hydrogen) atoms. The third-order valence-corrected chi connectivity index (χ3v) is 3.90. The number of hydrogen-bond donors (Lipinski definition) is 1. The number of ether oxygens (including phenoxy) is 2. The van der Waals surface area contributed by atoms with Crippen molar-refractivity contribution < 1.29 is 19.4 Å². The van der Waals surface area contributed by atoms with Crippen LogP contribution in [0.4, 0.5) is 0 Å². The topological polar surface area (TPSA) is 86.5 Å². The van der Waals surface area contributed by atoms with Crippen molar-refractivity contribution in [2.45, 2.75) is 20.4 Å². The number of nitrogens with zero attached hydrogens (tertiary/aromatic N) is 3. The summed E-state index contributed by atoms with van der Waals surface area (Å²) >= 11 is 0. The van der Waals surface area contributed by atoms with E-state index < -0.39 is 5.97 Å². The number of aromatic carboxylic acids is 1. The van der Waals surface area contributed by atoms with Gasteiger partial charge in [-0.25, -0.2) is 9.48 Å². The quantitative estimate of drug-likeness (QED) is 0.656. The Kier molecular flexibility index (Phi) is 5.71. The summed E-state index contributed by atoms with van der Waals surface area (Å²) in [5.41, 5.74) is 2.55. The normalized spacial score (nSPS) is 10.6. The van der Waals surface area contributed by atoms with Gasteiger partial charge in [0.15, 0.2) is 0 Å². The zero-order chi connectivity index (χ0) is 19.2. The van der Waals surface area contributed by atoms with Crippen LogP contribution >= 0.6 is 0 Å². The molecule has 3 rings (SSSR count). The maximum atomic E-state index is 11.8. The highest BCUT2D eigenvalue weighted by atomic mass is 16.5. The molecule has 0 amide bonds. The maximum absolute atomic E-state index is 11.8. The molecule has 0 bridgehead atoms. The van der Waals surface area contributed by atoms with Gasteiger partial charge in [-0.2, -0.15) is 0 Å². The molecule has 0 radical (unpaired) electrons. The fourth-order valence-electron chi connectivity index (χ4n) is 2.75. The SMILES string of the molecule is CCOc1nc(OCC)n(Cc2ccc(-c3ccccc3)c(C(=O)O)c2)n1. The van der Waals surface area contributed by atoms with Gasteiger partial charge in [-0.1, -0.05) is 42.5 Å². The van der Waals surface area contributed by atoms with Crippen molar-refractivity contribution in [1.82, 2.24) is 14.8 Å². The highest BCUT2D eigenvalue weighted by molar-refractivity contribution is 5.96. The Morgan fingerprint density at radius 1 is 1.07 bits per heavy atom. The molecule has 0 saturated carbocycles. The first kappa shape index (κ1) is 18.4. The molecule has 2 aromatic carbocycles. The first-order valence-electron chi connectivity index (χ1n) is 8.74. The lowest BCUT2D eigenvalue weighted by atomic mass is 9.97. The monoisotopic (exact) mass is 367 g/mol. The molecule has 0 unspecified atom stereocenters. The van der Waals surface area contributed by atoms with Crippen LogP contribution < -0.4 is 9.47 Å². The molecule has 7 nitrogen and oxygen atoms in total. The largest absolute Gasteiger partial charge is 0.478 e. The summed E-state index contributed by atoms with van der Waals surface area (Å²) in [7, 11) is 0. The molecule has 0 spiro atoms. The fourth-order valence-corrected chi connectivity index (χ4v) is 2.75. The van der Waals surface area contributed by atoms with Crippen LogP contribution in [-0.4, -0.2) is 39.1 Å². The number of hydrogen-bond acceptors (Lipinski definition) is 5. The summed E-state index contributed by atoms with van der Waals surface area (Å²) in [6.07, 6.45) is 0. The average molecular weight is 367 g/mol. The second-order valence-electron chi connectivity index (χ2n) is 5.75. The molecule has 7 heteroatoms. The smallest absolute Gasteiger partial charge is 0.338 e. The minimum atomic E-state index is -0.977. The van der Waals surface area contributed by atoms with Crippen molar-refractivity contribution in [1.29, 1.82) is 0 Å². The highest BCUT2D eigenvalue weighted by Crippen LogP contribution is 2.26. The number of carboxylic acids is 1. The van der Waals surface area contributed by atoms with Crippen LogP contribution in [-0.2, 0) is 6.54 Å². The Labute approximate surface area is 157 Å². The van der Waals surface area contributed by atoms with Gasteiger partial charge in [0.05, 0.1) is 25.3 Å². The van der Waals surface area contributed by atoms with Gasteiger partial charge < -0.3 is 14.6 Å². The lowest BCUT2D eigenvalue weighted by Gasteiger charge is -2.10. The van der Waals surface area contributed by atoms with E-state index in [1.54, 1.807) is 10.7 Å². The zero-order valence-corrected chi connectivity index (χ0v) is 15.3. The van der Waals surface area contributed by atoms with E-state index in [2.05, 4.69) is 10.1 Å². The fraction of sp³-hybridized carbons (Fsp3) is 0.250. The van der Waals surface area contributed by atoms with Crippen molar-refractivity contribution >= 4 is 5.97 Å². The molecule has 0 saturated heterocycles. The van der Waals surface area contributed by atoms with Crippen molar-refractivity contribution in [2.24, 2.45) is 0 Å². The number of carbonyl (C=O) groups is 1. The average Bonchev–Trinajstić information content (AvgIpc) is 3.04. The molecule has 0 aliphatic carbocycles. The standard InChI is InChI=1S/C20H21N3O4/c1-3-26-19-21-20(27-4-2)23(22-19)13-14-10-11-16(17(12-14)18(24)25)15-8-6-5-7-9-15/h5-12H,3-4,13H2,1-2H3,(H,24,25). The Bertz CT molecular complexity index is 922. The van der Waals surface area contributed by atoms with E-state index in [0.717, 1.165) is 11.1 Å². The summed E-state index contributed by atoms with van der Waals surface area (Å²) in [5, 5.41) is 13.9. The van der Waals surface area contributed by atoms with Crippen LogP contribution in [0.2, 0.25) is 0 Å². The van der Waals surface area contributed by atoms with Crippen molar-refractivity contribution in [3.8, 4) is 23.1 Å². The highest BCUT2D eigenvalue weighted by Gasteiger charge is 2.16. The Morgan fingerprint density at radius 2 is 1.81 bits per heavy atom. The van der Waals surface area contributed by atoms with Gasteiger partial charge in [0.1, 0.15) is 0 Å². The summed E-state index contributed by atoms with van der Waals surface area (Å²) in [6.45, 7) is 4.92. The van der Waals surface area contributed by atoms with Gasteiger partial charge >= 0.3 is 18.0 Å². The number of rotatable bonds is 8. The summed E-state index contributed by atoms with van der Waals surface area (Å²) in [6, 6.07) is 15.4. The first-order chi connectivity index (χ1) is 13.1. The lowest BCUT2D eigenvalue weighted by Crippen LogP contribution is -2.08. The molecule has 0 aliphatic heterocycles. The summed E-state index contributed by atoms with van der Waals surface area (Å²) in [4.78, 5) is 16.0. The van der Waals surface area contributed by atoms with Crippen molar-refractivity contribution in [3.05, 3.63) is 59.7 Å². The minimum Gasteiger partial charge on any atom is -0.478 e. The van der Waals surface area contributed by atoms with Gasteiger partial charge in [0, 0.05) is 0 Å². The predicted molar refractivity (Wildman–Crippen MR) is 100 cm³/mol. The van der Waals surface area contributed by atoms with Gasteiger partial charge in [-0.05, 0) is 36.6 Å². The van der Waals surface area contributed by atoms with E-state index in [4.69, 9.17) is 9.47 Å². The lowest BCUT2D eigenvalue weighted by molar-refractivity contribution is 0.0697. The van der Waals surface area contributed by atoms with Crippen LogP contribution in [0.15, 0.2) is 48.5 Å². The molecule has 3 aromatic rings. The minimum absolute atomic E-state index is 0.236. The Hall–Kier alpha value is -3.35. The van der Waals surface area contributed by atoms with Crippen molar-refractivity contribution in [3.63, 3.8) is 0 Å². The molecule has 0 atom stereocenters. The first-order valence-corrected chi connectivity index (χ1v) is 8.74. The van der Waals surface area contributed by atoms with E-state index >= 15 is 0 Å². The summed E-state index contributed by atoms with van der Waals surface area (Å²) in [5.74, 6) is -0.977. The molecule has 1 heterocycles. The second-order valence-corrected chi connectivity index (χ2v) is 5.75. The second kappa shape index (κ2) is 8.35. The van der Waals surface area contributed by atoms with Crippen LogP contribution in [0, 0.1) is 0 Å². The maximum Gasteiger partial charge on any atom is 0.338 e. The number of carboxylic acid groups (broad SMARTS) is 1. The Morgan fingerprint density at radius 3 is 2.48 bits per heavy atom. The number of aromatic nitrogens is 3. The van der Waals surface area contributed by atoms with Crippen LogP contribution in [0.25, 0.3) is 11.1 Å². The molecule has 1 N–H and O–H groups in total. The van der Waals surface area contributed by atoms with E-state index in [1.165, 1.54) is 0 Å². The third-order valence-electron chi connectivity index (χ3n) is 3.90. The predicted octanol–water partition coefficient (Wildman–Crippen LogP) is 3.49. The van der Waals surface area contributed by atoms with Crippen molar-refractivity contribution in [2.75, 3.05) is 13.2 Å². The van der Waals surface area contributed by atoms with Crippen LogP contribution in [0.1, 0.15) is 29.8 Å². The molecule has 0 fully saturated rings. The van der Waals surface area contributed by atoms with Crippen LogP contribution in [0.5, 0.6) is 12.0 Å². The van der Waals surface area contributed by atoms with E-state index in [0.29, 0.717) is 31.3 Å². The van der Waals surface area contributed by atoms with Gasteiger partial charge in [-0.3, -0.25) is 0 Å².